The molecule has 1 atom stereocenters. The molecule has 0 aromatic heterocycles. The van der Waals surface area contributed by atoms with Crippen LogP contribution in [0.15, 0.2) is 24.3 Å². The molecule has 17 heavy (non-hydrogen) atoms. The maximum absolute atomic E-state index is 3.58. The Labute approximate surface area is 110 Å². The van der Waals surface area contributed by atoms with E-state index in [9.17, 15) is 0 Å². The molecule has 0 saturated heterocycles. The van der Waals surface area contributed by atoms with Crippen molar-refractivity contribution in [2.45, 2.75) is 46.2 Å². The first kappa shape index (κ1) is 14.6. The summed E-state index contributed by atoms with van der Waals surface area (Å²) in [5.41, 5.74) is 2.80. The lowest BCUT2D eigenvalue weighted by molar-refractivity contribution is 0.537. The first-order valence-corrected chi connectivity index (χ1v) is 7.80. The lowest BCUT2D eigenvalue weighted by atomic mass is 10.1. The van der Waals surface area contributed by atoms with Gasteiger partial charge in [0.2, 0.25) is 0 Å². The van der Waals surface area contributed by atoms with E-state index in [4.69, 9.17) is 0 Å². The minimum Gasteiger partial charge on any atom is -0.310 e. The van der Waals surface area contributed by atoms with E-state index in [1.807, 2.05) is 11.8 Å². The molecule has 0 heterocycles. The van der Waals surface area contributed by atoms with E-state index in [1.54, 1.807) is 0 Å². The van der Waals surface area contributed by atoms with E-state index >= 15 is 0 Å². The average Bonchev–Trinajstić information content (AvgIpc) is 2.37. The van der Waals surface area contributed by atoms with Gasteiger partial charge in [0.05, 0.1) is 0 Å². The van der Waals surface area contributed by atoms with Gasteiger partial charge in [0, 0.05) is 12.6 Å². The number of hydrogen-bond acceptors (Lipinski definition) is 2. The fourth-order valence-corrected chi connectivity index (χ4v) is 2.50. The second kappa shape index (κ2) is 8.60. The highest BCUT2D eigenvalue weighted by Gasteiger charge is 2.01. The Morgan fingerprint density at radius 2 is 1.76 bits per heavy atom. The third-order valence-electron chi connectivity index (χ3n) is 2.99. The van der Waals surface area contributed by atoms with E-state index in [-0.39, 0.29) is 0 Å². The summed E-state index contributed by atoms with van der Waals surface area (Å²) in [6.45, 7) is 7.68. The molecule has 1 nitrogen and oxygen atoms in total. The molecule has 0 fully saturated rings. The number of benzene rings is 1. The smallest absolute Gasteiger partial charge is 0.0207 e. The molecular weight excluding hydrogens is 226 g/mol. The maximum Gasteiger partial charge on any atom is 0.0207 e. The molecule has 1 aromatic carbocycles. The molecule has 0 aliphatic rings. The van der Waals surface area contributed by atoms with E-state index < -0.39 is 0 Å². The second-order valence-electron chi connectivity index (χ2n) is 4.44. The largest absolute Gasteiger partial charge is 0.310 e. The molecule has 1 aromatic rings. The Bertz CT molecular complexity index is 294. The summed E-state index contributed by atoms with van der Waals surface area (Å²) in [5.74, 6) is 2.49. The van der Waals surface area contributed by atoms with Gasteiger partial charge in [-0.05, 0) is 42.4 Å². The van der Waals surface area contributed by atoms with Gasteiger partial charge >= 0.3 is 0 Å². The second-order valence-corrected chi connectivity index (χ2v) is 5.83. The van der Waals surface area contributed by atoms with Crippen LogP contribution in [-0.2, 0) is 13.0 Å². The van der Waals surface area contributed by atoms with E-state index in [0.717, 1.165) is 13.0 Å². The predicted octanol–water partition coefficient (Wildman–Crippen LogP) is 3.87. The van der Waals surface area contributed by atoms with Crippen molar-refractivity contribution >= 4 is 11.8 Å². The first-order chi connectivity index (χ1) is 8.26. The lowest BCUT2D eigenvalue weighted by Gasteiger charge is -2.13. The van der Waals surface area contributed by atoms with Gasteiger partial charge in [-0.15, -0.1) is 0 Å². The molecule has 0 bridgehead atoms. The highest BCUT2D eigenvalue weighted by atomic mass is 32.2. The molecule has 0 aliphatic heterocycles. The van der Waals surface area contributed by atoms with Gasteiger partial charge in [0.1, 0.15) is 0 Å². The molecule has 1 rings (SSSR count). The number of rotatable bonds is 8. The van der Waals surface area contributed by atoms with Gasteiger partial charge in [0.15, 0.2) is 0 Å². The monoisotopic (exact) mass is 251 g/mol. The molecule has 0 saturated carbocycles. The molecule has 1 N–H and O–H groups in total. The molecule has 0 aliphatic carbocycles. The summed E-state index contributed by atoms with van der Waals surface area (Å²) in [7, 11) is 0. The van der Waals surface area contributed by atoms with E-state index in [2.05, 4.69) is 50.4 Å². The van der Waals surface area contributed by atoms with Crippen LogP contribution in [0.2, 0.25) is 0 Å². The van der Waals surface area contributed by atoms with Gasteiger partial charge in [-0.1, -0.05) is 38.1 Å². The van der Waals surface area contributed by atoms with Crippen LogP contribution in [0.5, 0.6) is 0 Å². The van der Waals surface area contributed by atoms with Crippen molar-refractivity contribution in [1.29, 1.82) is 0 Å². The van der Waals surface area contributed by atoms with Crippen molar-refractivity contribution in [1.82, 2.24) is 5.32 Å². The zero-order valence-corrected chi connectivity index (χ0v) is 12.1. The van der Waals surface area contributed by atoms with Crippen molar-refractivity contribution in [3.63, 3.8) is 0 Å². The Morgan fingerprint density at radius 1 is 1.12 bits per heavy atom. The zero-order chi connectivity index (χ0) is 12.5. The zero-order valence-electron chi connectivity index (χ0n) is 11.3. The summed E-state index contributed by atoms with van der Waals surface area (Å²) in [6.07, 6.45) is 2.38. The van der Waals surface area contributed by atoms with Crippen LogP contribution in [0.25, 0.3) is 0 Å². The minimum atomic E-state index is 0.611. The average molecular weight is 251 g/mol. The summed E-state index contributed by atoms with van der Waals surface area (Å²) in [6, 6.07) is 9.54. The molecule has 1 unspecified atom stereocenters. The molecule has 0 amide bonds. The van der Waals surface area contributed by atoms with Crippen molar-refractivity contribution in [3.05, 3.63) is 35.4 Å². The number of aryl methyl sites for hydroxylation is 1. The van der Waals surface area contributed by atoms with Crippen molar-refractivity contribution in [3.8, 4) is 0 Å². The standard InChI is InChI=1S/C15H25NS/c1-4-14-6-8-15(9-7-14)12-16-13(3)10-11-17-5-2/h6-9,13,16H,4-5,10-12H2,1-3H3. The van der Waals surface area contributed by atoms with E-state index in [1.165, 1.54) is 29.1 Å². The van der Waals surface area contributed by atoms with Crippen LogP contribution in [0.3, 0.4) is 0 Å². The summed E-state index contributed by atoms with van der Waals surface area (Å²) >= 11 is 2.02. The normalized spacial score (nSPS) is 12.6. The van der Waals surface area contributed by atoms with Crippen molar-refractivity contribution in [2.75, 3.05) is 11.5 Å². The molecule has 0 spiro atoms. The van der Waals surface area contributed by atoms with Crippen LogP contribution in [0.4, 0.5) is 0 Å². The fraction of sp³-hybridized carbons (Fsp3) is 0.600. The number of nitrogens with one attached hydrogen (secondary N) is 1. The van der Waals surface area contributed by atoms with Crippen LogP contribution >= 0.6 is 11.8 Å². The molecule has 96 valence electrons. The first-order valence-electron chi connectivity index (χ1n) is 6.65. The lowest BCUT2D eigenvalue weighted by Crippen LogP contribution is -2.26. The van der Waals surface area contributed by atoms with Gasteiger partial charge in [0.25, 0.3) is 0 Å². The Hall–Kier alpha value is -0.470. The van der Waals surface area contributed by atoms with Crippen LogP contribution in [0.1, 0.15) is 38.3 Å². The molecule has 0 radical (unpaired) electrons. The highest BCUT2D eigenvalue weighted by molar-refractivity contribution is 7.99. The van der Waals surface area contributed by atoms with Gasteiger partial charge in [-0.3, -0.25) is 0 Å². The predicted molar refractivity (Wildman–Crippen MR) is 79.7 cm³/mol. The van der Waals surface area contributed by atoms with Crippen molar-refractivity contribution < 1.29 is 0 Å². The summed E-state index contributed by atoms with van der Waals surface area (Å²) < 4.78 is 0. The Morgan fingerprint density at radius 3 is 2.35 bits per heavy atom. The number of hydrogen-bond donors (Lipinski definition) is 1. The molecule has 2 heteroatoms. The quantitative estimate of drug-likeness (QED) is 0.704. The SMILES string of the molecule is CCSCCC(C)NCc1ccc(CC)cc1. The number of thioether (sulfide) groups is 1. The van der Waals surface area contributed by atoms with Crippen LogP contribution in [0, 0.1) is 0 Å². The summed E-state index contributed by atoms with van der Waals surface area (Å²) in [4.78, 5) is 0. The molecular formula is C15H25NS. The van der Waals surface area contributed by atoms with Gasteiger partial charge in [-0.25, -0.2) is 0 Å². The Balaban J connectivity index is 2.24. The third kappa shape index (κ3) is 6.13. The Kier molecular flexibility index (Phi) is 7.38. The third-order valence-corrected chi connectivity index (χ3v) is 3.92. The maximum atomic E-state index is 3.58. The van der Waals surface area contributed by atoms with E-state index in [0.29, 0.717) is 6.04 Å². The fourth-order valence-electron chi connectivity index (χ4n) is 1.69. The summed E-state index contributed by atoms with van der Waals surface area (Å²) in [5, 5.41) is 3.58. The van der Waals surface area contributed by atoms with Crippen molar-refractivity contribution in [2.24, 2.45) is 0 Å². The topological polar surface area (TPSA) is 12.0 Å². The minimum absolute atomic E-state index is 0.611. The van der Waals surface area contributed by atoms with Gasteiger partial charge < -0.3 is 5.32 Å². The van der Waals surface area contributed by atoms with Crippen LogP contribution in [-0.4, -0.2) is 17.5 Å². The van der Waals surface area contributed by atoms with Crippen LogP contribution < -0.4 is 5.32 Å². The van der Waals surface area contributed by atoms with Gasteiger partial charge in [-0.2, -0.15) is 11.8 Å². The highest BCUT2D eigenvalue weighted by Crippen LogP contribution is 2.07.